The molecule has 25 heavy (non-hydrogen) atoms. The van der Waals surface area contributed by atoms with E-state index in [9.17, 15) is 13.2 Å². The molecular weight excluding hydrogens is 368 g/mol. The minimum Gasteiger partial charge on any atom is -0.381 e. The Hall–Kier alpha value is -1.90. The summed E-state index contributed by atoms with van der Waals surface area (Å²) < 4.78 is 36.9. The van der Waals surface area contributed by atoms with E-state index >= 15 is 0 Å². The molecule has 1 amide bonds. The molecule has 1 aromatic carbocycles. The Balaban J connectivity index is 1.85. The maximum Gasteiger partial charge on any atom is 0.270 e. The largest absolute Gasteiger partial charge is 0.381 e. The summed E-state index contributed by atoms with van der Waals surface area (Å²) in [6.07, 6.45) is 0.659. The number of ether oxygens (including phenoxy) is 1. The van der Waals surface area contributed by atoms with Crippen LogP contribution in [0.25, 0.3) is 11.3 Å². The average Bonchev–Trinajstić information content (AvgIpc) is 3.16. The van der Waals surface area contributed by atoms with Gasteiger partial charge in [0.05, 0.1) is 17.4 Å². The molecule has 1 atom stereocenters. The Morgan fingerprint density at radius 2 is 2.16 bits per heavy atom. The number of rotatable bonds is 5. The summed E-state index contributed by atoms with van der Waals surface area (Å²) in [6, 6.07) is 6.82. The Labute approximate surface area is 150 Å². The van der Waals surface area contributed by atoms with Gasteiger partial charge < -0.3 is 9.26 Å². The molecule has 1 N–H and O–H groups in total. The van der Waals surface area contributed by atoms with Gasteiger partial charge in [0.1, 0.15) is 17.0 Å². The number of hydrogen-bond acceptors (Lipinski definition) is 6. The van der Waals surface area contributed by atoms with E-state index in [1.54, 1.807) is 31.2 Å². The van der Waals surface area contributed by atoms with E-state index in [1.807, 2.05) is 0 Å². The van der Waals surface area contributed by atoms with Gasteiger partial charge >= 0.3 is 0 Å². The first-order valence-electron chi connectivity index (χ1n) is 7.71. The van der Waals surface area contributed by atoms with Crippen molar-refractivity contribution in [2.75, 3.05) is 19.0 Å². The van der Waals surface area contributed by atoms with Crippen LogP contribution >= 0.6 is 11.6 Å². The first-order chi connectivity index (χ1) is 11.9. The maximum absolute atomic E-state index is 12.6. The van der Waals surface area contributed by atoms with Crippen LogP contribution < -0.4 is 4.72 Å². The highest BCUT2D eigenvalue weighted by atomic mass is 35.5. The molecule has 134 valence electrons. The normalized spacial score (nSPS) is 17.6. The fourth-order valence-corrected chi connectivity index (χ4v) is 4.31. The lowest BCUT2D eigenvalue weighted by atomic mass is 10.1. The Morgan fingerprint density at radius 3 is 2.84 bits per heavy atom. The van der Waals surface area contributed by atoms with Gasteiger partial charge in [-0.2, -0.15) is 0 Å². The predicted octanol–water partition coefficient (Wildman–Crippen LogP) is 2.40. The van der Waals surface area contributed by atoms with Crippen LogP contribution in [0.2, 0.25) is 5.02 Å². The van der Waals surface area contributed by atoms with E-state index < -0.39 is 15.9 Å². The summed E-state index contributed by atoms with van der Waals surface area (Å²) in [6.45, 7) is 2.46. The molecule has 0 aliphatic carbocycles. The van der Waals surface area contributed by atoms with Crippen LogP contribution in [-0.2, 0) is 14.8 Å². The zero-order valence-corrected chi connectivity index (χ0v) is 15.1. The lowest BCUT2D eigenvalue weighted by Gasteiger charge is -2.10. The standard InChI is InChI=1S/C16H17ClN2O5S/c1-10-14(15(18-24-10)12-4-2-3-5-13(12)17)16(20)19-25(21,22)9-11-6-7-23-8-11/h2-5,11H,6-9H2,1H3,(H,19,20)/t11-/m0/s1. The number of nitrogens with one attached hydrogen (secondary N) is 1. The van der Waals surface area contributed by atoms with E-state index in [2.05, 4.69) is 9.88 Å². The first kappa shape index (κ1) is 17.9. The first-order valence-corrected chi connectivity index (χ1v) is 9.74. The van der Waals surface area contributed by atoms with Gasteiger partial charge in [0.15, 0.2) is 0 Å². The van der Waals surface area contributed by atoms with Gasteiger partial charge in [0, 0.05) is 18.1 Å². The summed E-state index contributed by atoms with van der Waals surface area (Å²) in [4.78, 5) is 12.6. The summed E-state index contributed by atoms with van der Waals surface area (Å²) in [7, 11) is -3.80. The fraction of sp³-hybridized carbons (Fsp3) is 0.375. The number of carbonyl (C=O) groups is 1. The Kier molecular flexibility index (Phi) is 5.12. The second-order valence-corrected chi connectivity index (χ2v) is 8.06. The topological polar surface area (TPSA) is 98.5 Å². The van der Waals surface area contributed by atoms with E-state index in [0.717, 1.165) is 0 Å². The third kappa shape index (κ3) is 4.02. The van der Waals surface area contributed by atoms with Gasteiger partial charge in [0.2, 0.25) is 10.0 Å². The molecule has 0 unspecified atom stereocenters. The van der Waals surface area contributed by atoms with E-state index in [1.165, 1.54) is 0 Å². The zero-order valence-electron chi connectivity index (χ0n) is 13.5. The summed E-state index contributed by atoms with van der Waals surface area (Å²) in [5.74, 6) is -0.846. The van der Waals surface area contributed by atoms with E-state index in [-0.39, 0.29) is 28.7 Å². The van der Waals surface area contributed by atoms with Crippen LogP contribution in [0.1, 0.15) is 22.5 Å². The highest BCUT2D eigenvalue weighted by Crippen LogP contribution is 2.31. The summed E-state index contributed by atoms with van der Waals surface area (Å²) in [5, 5.41) is 4.25. The van der Waals surface area contributed by atoms with Crippen molar-refractivity contribution in [2.24, 2.45) is 5.92 Å². The molecular formula is C16H17ClN2O5S. The molecule has 9 heteroatoms. The quantitative estimate of drug-likeness (QED) is 0.849. The minimum atomic E-state index is -3.80. The van der Waals surface area contributed by atoms with Gasteiger partial charge in [-0.25, -0.2) is 13.1 Å². The molecule has 1 aliphatic rings. The van der Waals surface area contributed by atoms with Crippen molar-refractivity contribution in [3.8, 4) is 11.3 Å². The number of halogens is 1. The molecule has 3 rings (SSSR count). The molecule has 1 fully saturated rings. The van der Waals surface area contributed by atoms with Gasteiger partial charge in [0.25, 0.3) is 5.91 Å². The monoisotopic (exact) mass is 384 g/mol. The number of benzene rings is 1. The van der Waals surface area contributed by atoms with E-state index in [4.69, 9.17) is 20.9 Å². The van der Waals surface area contributed by atoms with Gasteiger partial charge in [-0.1, -0.05) is 35.0 Å². The number of carbonyl (C=O) groups excluding carboxylic acids is 1. The van der Waals surface area contributed by atoms with Crippen LogP contribution in [0.4, 0.5) is 0 Å². The van der Waals surface area contributed by atoms with Crippen molar-refractivity contribution in [3.05, 3.63) is 40.6 Å². The van der Waals surface area contributed by atoms with Gasteiger partial charge in [-0.15, -0.1) is 0 Å². The maximum atomic E-state index is 12.6. The van der Waals surface area contributed by atoms with Crippen LogP contribution in [0, 0.1) is 12.8 Å². The summed E-state index contributed by atoms with van der Waals surface area (Å²) >= 11 is 6.15. The highest BCUT2D eigenvalue weighted by molar-refractivity contribution is 7.90. The predicted molar refractivity (Wildman–Crippen MR) is 91.9 cm³/mol. The Bertz CT molecular complexity index is 888. The Morgan fingerprint density at radius 1 is 1.40 bits per heavy atom. The lowest BCUT2D eigenvalue weighted by Crippen LogP contribution is -2.35. The second kappa shape index (κ2) is 7.15. The smallest absolute Gasteiger partial charge is 0.270 e. The number of amides is 1. The molecule has 1 saturated heterocycles. The van der Waals surface area contributed by atoms with Crippen molar-refractivity contribution in [1.29, 1.82) is 0 Å². The fourth-order valence-electron chi connectivity index (χ4n) is 2.74. The van der Waals surface area contributed by atoms with Crippen molar-refractivity contribution >= 4 is 27.5 Å². The minimum absolute atomic E-state index is 0.0550. The number of sulfonamides is 1. The lowest BCUT2D eigenvalue weighted by molar-refractivity contribution is 0.0980. The summed E-state index contributed by atoms with van der Waals surface area (Å²) in [5.41, 5.74) is 0.757. The molecule has 0 radical (unpaired) electrons. The van der Waals surface area contributed by atoms with Crippen LogP contribution in [-0.4, -0.2) is 38.4 Å². The third-order valence-corrected chi connectivity index (χ3v) is 5.68. The molecule has 7 nitrogen and oxygen atoms in total. The molecule has 1 aromatic heterocycles. The van der Waals surface area contributed by atoms with Crippen LogP contribution in [0.3, 0.4) is 0 Å². The van der Waals surface area contributed by atoms with Crippen molar-refractivity contribution in [3.63, 3.8) is 0 Å². The number of nitrogens with zero attached hydrogens (tertiary/aromatic N) is 1. The number of hydrogen-bond donors (Lipinski definition) is 1. The van der Waals surface area contributed by atoms with Crippen molar-refractivity contribution < 1.29 is 22.5 Å². The number of aryl methyl sites for hydroxylation is 1. The van der Waals surface area contributed by atoms with Crippen molar-refractivity contribution in [1.82, 2.24) is 9.88 Å². The molecule has 2 heterocycles. The highest BCUT2D eigenvalue weighted by Gasteiger charge is 2.29. The van der Waals surface area contributed by atoms with Crippen molar-refractivity contribution in [2.45, 2.75) is 13.3 Å². The molecule has 1 aliphatic heterocycles. The molecule has 0 saturated carbocycles. The van der Waals surface area contributed by atoms with Gasteiger partial charge in [-0.3, -0.25) is 4.79 Å². The van der Waals surface area contributed by atoms with E-state index in [0.29, 0.717) is 30.2 Å². The van der Waals surface area contributed by atoms with Crippen LogP contribution in [0.15, 0.2) is 28.8 Å². The van der Waals surface area contributed by atoms with Crippen LogP contribution in [0.5, 0.6) is 0 Å². The SMILES string of the molecule is Cc1onc(-c2ccccc2Cl)c1C(=O)NS(=O)(=O)C[C@H]1CCOC1. The average molecular weight is 385 g/mol. The third-order valence-electron chi connectivity index (χ3n) is 3.95. The number of aromatic nitrogens is 1. The zero-order chi connectivity index (χ0) is 18.0. The molecule has 2 aromatic rings. The second-order valence-electron chi connectivity index (χ2n) is 5.88. The molecule has 0 bridgehead atoms. The molecule has 0 spiro atoms. The van der Waals surface area contributed by atoms with Gasteiger partial charge in [-0.05, 0) is 19.4 Å².